The first kappa shape index (κ1) is 24.5. The van der Waals surface area contributed by atoms with Crippen LogP contribution >= 0.6 is 0 Å². The quantitative estimate of drug-likeness (QED) is 0.454. The highest BCUT2D eigenvalue weighted by Gasteiger charge is 2.35. The van der Waals surface area contributed by atoms with Crippen molar-refractivity contribution in [2.24, 2.45) is 0 Å². The van der Waals surface area contributed by atoms with E-state index in [4.69, 9.17) is 14.5 Å². The summed E-state index contributed by atoms with van der Waals surface area (Å²) in [6, 6.07) is 3.04. The third-order valence-corrected chi connectivity index (χ3v) is 4.48. The molecule has 2 aliphatic rings. The lowest BCUT2D eigenvalue weighted by Gasteiger charge is -2.19. The average Bonchev–Trinajstić information content (AvgIpc) is 3.26. The largest absolute Gasteiger partial charge is 0.363 e. The van der Waals surface area contributed by atoms with Crippen LogP contribution in [0.1, 0.15) is 77.5 Å². The zero-order valence-corrected chi connectivity index (χ0v) is 18.5. The van der Waals surface area contributed by atoms with Gasteiger partial charge in [0, 0.05) is 31.2 Å². The first-order chi connectivity index (χ1) is 15.9. The molecular weight excluding hydrogens is 454 g/mol. The highest BCUT2D eigenvalue weighted by molar-refractivity contribution is 6.06. The Morgan fingerprint density at radius 3 is 1.41 bits per heavy atom. The zero-order valence-electron chi connectivity index (χ0n) is 18.5. The van der Waals surface area contributed by atoms with Crippen LogP contribution in [0.4, 0.5) is 0 Å². The van der Waals surface area contributed by atoms with Crippen LogP contribution in [-0.2, 0) is 33.7 Å². The molecule has 1 aromatic carbocycles. The van der Waals surface area contributed by atoms with E-state index >= 15 is 0 Å². The van der Waals surface area contributed by atoms with Gasteiger partial charge in [-0.05, 0) is 39.0 Å². The van der Waals surface area contributed by atoms with Crippen molar-refractivity contribution in [3.05, 3.63) is 34.9 Å². The number of carbonyl (C=O) groups excluding carboxylic acids is 7. The maximum absolute atomic E-state index is 12.6. The lowest BCUT2D eigenvalue weighted by molar-refractivity contribution is -0.173. The topological polar surface area (TPSA) is 166 Å². The number of hydrogen-bond acceptors (Lipinski definition) is 10. The van der Waals surface area contributed by atoms with Gasteiger partial charge in [-0.1, -0.05) is 0 Å². The fourth-order valence-corrected chi connectivity index (χ4v) is 2.84. The molecule has 13 nitrogen and oxygen atoms in total. The zero-order chi connectivity index (χ0) is 25.2. The summed E-state index contributed by atoms with van der Waals surface area (Å²) in [4.78, 5) is 99.6. The highest BCUT2D eigenvalue weighted by Crippen LogP contribution is 2.19. The molecule has 0 aromatic heterocycles. The highest BCUT2D eigenvalue weighted by atomic mass is 16.7. The predicted octanol–water partition coefficient (Wildman–Crippen LogP) is 0.588. The van der Waals surface area contributed by atoms with Crippen molar-refractivity contribution in [1.29, 1.82) is 0 Å². The van der Waals surface area contributed by atoms with E-state index in [1.54, 1.807) is 20.8 Å². The van der Waals surface area contributed by atoms with Crippen molar-refractivity contribution in [2.75, 3.05) is 0 Å². The summed E-state index contributed by atoms with van der Waals surface area (Å²) in [5.74, 6) is -6.17. The molecule has 2 heterocycles. The fourth-order valence-electron chi connectivity index (χ4n) is 2.84. The van der Waals surface area contributed by atoms with Gasteiger partial charge in [0.15, 0.2) is 0 Å². The molecule has 0 saturated carbocycles. The summed E-state index contributed by atoms with van der Waals surface area (Å²) >= 11 is 0. The summed E-state index contributed by atoms with van der Waals surface area (Å²) in [7, 11) is 0. The van der Waals surface area contributed by atoms with Crippen LogP contribution in [0.25, 0.3) is 0 Å². The van der Waals surface area contributed by atoms with Crippen LogP contribution in [0.5, 0.6) is 0 Å². The van der Waals surface area contributed by atoms with Crippen molar-refractivity contribution in [3.63, 3.8) is 0 Å². The van der Waals surface area contributed by atoms with Crippen LogP contribution in [0.3, 0.4) is 0 Å². The van der Waals surface area contributed by atoms with E-state index in [9.17, 15) is 33.6 Å². The molecule has 2 saturated heterocycles. The van der Waals surface area contributed by atoms with Gasteiger partial charge in [0.1, 0.15) is 0 Å². The molecule has 5 amide bonds. The van der Waals surface area contributed by atoms with Crippen LogP contribution in [0.2, 0.25) is 0 Å². The van der Waals surface area contributed by atoms with Crippen molar-refractivity contribution in [1.82, 2.24) is 15.6 Å². The van der Waals surface area contributed by atoms with E-state index in [1.165, 1.54) is 0 Å². The number of nitrogens with one attached hydrogen (secondary N) is 1. The molecule has 1 N–H and O–H groups in total. The van der Waals surface area contributed by atoms with E-state index < -0.39 is 47.1 Å². The van der Waals surface area contributed by atoms with Crippen LogP contribution in [-0.4, -0.2) is 57.2 Å². The fraction of sp³-hybridized carbons (Fsp3) is 0.381. The number of amides is 5. The van der Waals surface area contributed by atoms with Gasteiger partial charge in [-0.2, -0.15) is 0 Å². The number of rotatable bonds is 6. The molecule has 2 fully saturated rings. The minimum absolute atomic E-state index is 0.131. The summed E-state index contributed by atoms with van der Waals surface area (Å²) in [5, 5.41) is 0.606. The molecule has 1 aromatic rings. The van der Waals surface area contributed by atoms with Gasteiger partial charge in [0.05, 0.1) is 16.7 Å². The second kappa shape index (κ2) is 9.39. The van der Waals surface area contributed by atoms with Gasteiger partial charge >= 0.3 is 11.9 Å². The maximum atomic E-state index is 12.6. The van der Waals surface area contributed by atoms with Gasteiger partial charge in [-0.25, -0.2) is 15.1 Å². The third kappa shape index (κ3) is 5.61. The molecule has 2 aliphatic heterocycles. The molecule has 0 spiro atoms. The molecule has 3 rings (SSSR count). The SMILES string of the molecule is CC(C)(C)ONC(=O)c1cc(C(=O)ON2C(=O)CCC2=O)cc(C(=O)ON2C(=O)CCC2=O)c1. The standard InChI is InChI=1S/C21H21N3O10/c1-21(2,3)34-22-18(29)11-8-12(19(30)32-23-14(25)4-5-15(23)26)10-13(9-11)20(31)33-24-16(27)6-7-17(24)28/h8-10H,4-7H2,1-3H3,(H,22,29). The van der Waals surface area contributed by atoms with E-state index in [2.05, 4.69) is 5.48 Å². The lowest BCUT2D eigenvalue weighted by Crippen LogP contribution is -2.34. The Balaban J connectivity index is 1.90. The van der Waals surface area contributed by atoms with Crippen molar-refractivity contribution in [2.45, 2.75) is 52.1 Å². The molecule has 0 aliphatic carbocycles. The van der Waals surface area contributed by atoms with Gasteiger partial charge in [-0.3, -0.25) is 28.8 Å². The van der Waals surface area contributed by atoms with E-state index in [0.29, 0.717) is 10.1 Å². The monoisotopic (exact) mass is 475 g/mol. The minimum atomic E-state index is -1.21. The molecule has 0 bridgehead atoms. The van der Waals surface area contributed by atoms with Crippen molar-refractivity contribution in [3.8, 4) is 0 Å². The Bertz CT molecular complexity index is 1000. The third-order valence-electron chi connectivity index (χ3n) is 4.48. The van der Waals surface area contributed by atoms with E-state index in [0.717, 1.165) is 18.2 Å². The average molecular weight is 475 g/mol. The molecule has 13 heteroatoms. The Labute approximate surface area is 192 Å². The second-order valence-corrected chi connectivity index (χ2v) is 8.37. The number of imide groups is 2. The Morgan fingerprint density at radius 1 is 0.706 bits per heavy atom. The van der Waals surface area contributed by atoms with E-state index in [1.807, 2.05) is 0 Å². The molecule has 0 atom stereocenters. The second-order valence-electron chi connectivity index (χ2n) is 8.37. The number of hydrogen-bond donors (Lipinski definition) is 1. The molecular formula is C21H21N3O10. The smallest absolute Gasteiger partial charge is 0.325 e. The molecule has 0 unspecified atom stereocenters. The summed E-state index contributed by atoms with van der Waals surface area (Å²) in [5.41, 5.74) is 0.382. The number of hydroxylamine groups is 5. The maximum Gasteiger partial charge on any atom is 0.363 e. The van der Waals surface area contributed by atoms with Gasteiger partial charge in [0.25, 0.3) is 29.5 Å². The normalized spacial score (nSPS) is 16.2. The van der Waals surface area contributed by atoms with Crippen LogP contribution in [0, 0.1) is 0 Å². The van der Waals surface area contributed by atoms with Gasteiger partial charge in [0.2, 0.25) is 0 Å². The molecule has 0 radical (unpaired) electrons. The van der Waals surface area contributed by atoms with Crippen LogP contribution in [0.15, 0.2) is 18.2 Å². The first-order valence-electron chi connectivity index (χ1n) is 10.2. The van der Waals surface area contributed by atoms with Crippen molar-refractivity contribution >= 4 is 41.5 Å². The minimum Gasteiger partial charge on any atom is -0.325 e. The number of nitrogens with zero attached hydrogens (tertiary/aromatic N) is 2. The summed E-state index contributed by atoms with van der Waals surface area (Å²) in [6.07, 6.45) is -0.523. The molecule has 180 valence electrons. The summed E-state index contributed by atoms with van der Waals surface area (Å²) in [6.45, 7) is 4.99. The Hall–Kier alpha value is -4.13. The van der Waals surface area contributed by atoms with Gasteiger partial charge < -0.3 is 9.68 Å². The predicted molar refractivity (Wildman–Crippen MR) is 108 cm³/mol. The first-order valence-corrected chi connectivity index (χ1v) is 10.2. The number of benzene rings is 1. The lowest BCUT2D eigenvalue weighted by atomic mass is 10.1. The van der Waals surface area contributed by atoms with Crippen LogP contribution < -0.4 is 5.48 Å². The Kier molecular flexibility index (Phi) is 6.77. The van der Waals surface area contributed by atoms with E-state index in [-0.39, 0.29) is 42.4 Å². The molecule has 34 heavy (non-hydrogen) atoms. The van der Waals surface area contributed by atoms with Crippen molar-refractivity contribution < 1.29 is 48.1 Å². The summed E-state index contributed by atoms with van der Waals surface area (Å²) < 4.78 is 0. The Morgan fingerprint density at radius 2 is 1.06 bits per heavy atom. The number of carbonyl (C=O) groups is 7. The van der Waals surface area contributed by atoms with Gasteiger partial charge in [-0.15, -0.1) is 10.1 Å².